The molecule has 0 aromatic heterocycles. The molecule has 2 amide bonds. The number of hydrogen-bond acceptors (Lipinski definition) is 6. The average Bonchev–Trinajstić information content (AvgIpc) is 2.98. The van der Waals surface area contributed by atoms with E-state index in [4.69, 9.17) is 11.6 Å². The number of nitro groups is 1. The van der Waals surface area contributed by atoms with E-state index >= 15 is 0 Å². The summed E-state index contributed by atoms with van der Waals surface area (Å²) in [6.45, 7) is 0.936. The fraction of sp³-hybridized carbons (Fsp3) is 0.375. The quantitative estimate of drug-likeness (QED) is 0.208. The van der Waals surface area contributed by atoms with Gasteiger partial charge in [0.25, 0.3) is 5.69 Å². The number of rotatable bonds is 12. The summed E-state index contributed by atoms with van der Waals surface area (Å²) in [4.78, 5) is 40.6. The zero-order valence-corrected chi connectivity index (χ0v) is 26.4. The first-order chi connectivity index (χ1) is 20.9. The highest BCUT2D eigenvalue weighted by atomic mass is 35.5. The third-order valence-corrected chi connectivity index (χ3v) is 9.18. The highest BCUT2D eigenvalue weighted by Crippen LogP contribution is 2.28. The van der Waals surface area contributed by atoms with E-state index in [-0.39, 0.29) is 36.3 Å². The molecule has 1 aliphatic rings. The molecule has 0 aliphatic heterocycles. The number of carbonyl (C=O) groups is 2. The Balaban J connectivity index is 1.76. The number of aryl methyl sites for hydroxylation is 1. The van der Waals surface area contributed by atoms with Crippen molar-refractivity contribution in [3.63, 3.8) is 0 Å². The topological polar surface area (TPSA) is 130 Å². The van der Waals surface area contributed by atoms with Crippen molar-refractivity contribution in [1.29, 1.82) is 0 Å². The molecule has 0 spiro atoms. The summed E-state index contributed by atoms with van der Waals surface area (Å²) in [5, 5.41) is 15.1. The van der Waals surface area contributed by atoms with Crippen LogP contribution in [0.5, 0.6) is 0 Å². The van der Waals surface area contributed by atoms with Crippen molar-refractivity contribution in [1.82, 2.24) is 10.2 Å². The Hall–Kier alpha value is -3.96. The average molecular weight is 641 g/mol. The molecule has 10 nitrogen and oxygen atoms in total. The molecule has 1 saturated carbocycles. The molecule has 1 atom stereocenters. The van der Waals surface area contributed by atoms with Gasteiger partial charge in [0.1, 0.15) is 12.6 Å². The first-order valence-electron chi connectivity index (χ1n) is 14.5. The van der Waals surface area contributed by atoms with Crippen LogP contribution in [0.3, 0.4) is 0 Å². The molecule has 1 N–H and O–H groups in total. The maximum Gasteiger partial charge on any atom is 0.271 e. The Labute approximate surface area is 263 Å². The van der Waals surface area contributed by atoms with E-state index in [1.54, 1.807) is 31.2 Å². The number of benzene rings is 3. The SMILES string of the molecule is Cc1ccc([N+](=O)[O-])cc1N(CC(=O)N(Cc1cccc(Cl)c1)[C@@H](Cc1ccccc1)C(=O)NC1CCCCC1)S(C)(=O)=O. The molecule has 0 saturated heterocycles. The van der Waals surface area contributed by atoms with E-state index in [2.05, 4.69) is 5.32 Å². The predicted octanol–water partition coefficient (Wildman–Crippen LogP) is 5.41. The van der Waals surface area contributed by atoms with Crippen LogP contribution >= 0.6 is 11.6 Å². The smallest absolute Gasteiger partial charge is 0.271 e. The van der Waals surface area contributed by atoms with Gasteiger partial charge in [0.05, 0.1) is 16.9 Å². The van der Waals surface area contributed by atoms with Gasteiger partial charge in [-0.2, -0.15) is 0 Å². The van der Waals surface area contributed by atoms with Crippen LogP contribution in [0.15, 0.2) is 72.8 Å². The molecule has 0 bridgehead atoms. The summed E-state index contributed by atoms with van der Waals surface area (Å²) in [6.07, 6.45) is 5.95. The van der Waals surface area contributed by atoms with Crippen molar-refractivity contribution in [3.8, 4) is 0 Å². The molecule has 234 valence electrons. The van der Waals surface area contributed by atoms with Crippen LogP contribution in [0.25, 0.3) is 0 Å². The number of non-ortho nitro benzene ring substituents is 1. The zero-order valence-electron chi connectivity index (χ0n) is 24.8. The number of sulfonamides is 1. The van der Waals surface area contributed by atoms with Gasteiger partial charge in [-0.25, -0.2) is 8.42 Å². The fourth-order valence-corrected chi connectivity index (χ4v) is 6.62. The Kier molecular flexibility index (Phi) is 11.0. The highest BCUT2D eigenvalue weighted by molar-refractivity contribution is 7.92. The molecule has 44 heavy (non-hydrogen) atoms. The van der Waals surface area contributed by atoms with E-state index in [1.807, 2.05) is 30.3 Å². The number of hydrogen-bond donors (Lipinski definition) is 1. The standard InChI is InChI=1S/C32H37ClN4O6S/c1-23-16-17-28(37(40)41)20-29(23)36(44(2,42)43)22-31(38)35(21-25-12-9-13-26(33)18-25)30(19-24-10-5-3-6-11-24)32(39)34-27-14-7-4-8-15-27/h3,5-6,9-13,16-18,20,27,30H,4,7-8,14-15,19,21-22H2,1-2H3,(H,34,39)/t30-/m0/s1. The number of amides is 2. The Bertz CT molecular complexity index is 1600. The monoisotopic (exact) mass is 640 g/mol. The van der Waals surface area contributed by atoms with Gasteiger partial charge in [0.15, 0.2) is 0 Å². The van der Waals surface area contributed by atoms with E-state index in [0.717, 1.165) is 54.3 Å². The van der Waals surface area contributed by atoms with Crippen LogP contribution in [-0.2, 0) is 32.6 Å². The van der Waals surface area contributed by atoms with E-state index in [0.29, 0.717) is 16.1 Å². The Morgan fingerprint density at radius 1 is 1.00 bits per heavy atom. The van der Waals surface area contributed by atoms with Gasteiger partial charge in [-0.15, -0.1) is 0 Å². The molecule has 3 aromatic rings. The van der Waals surface area contributed by atoms with E-state index in [1.165, 1.54) is 17.0 Å². The molecule has 3 aromatic carbocycles. The zero-order chi connectivity index (χ0) is 31.9. The second-order valence-electron chi connectivity index (χ2n) is 11.2. The van der Waals surface area contributed by atoms with Crippen molar-refractivity contribution in [2.24, 2.45) is 0 Å². The molecule has 12 heteroatoms. The molecule has 0 radical (unpaired) electrons. The minimum absolute atomic E-state index is 0.0134. The Morgan fingerprint density at radius 3 is 2.32 bits per heavy atom. The molecule has 0 unspecified atom stereocenters. The van der Waals surface area contributed by atoms with Gasteiger partial charge in [-0.05, 0) is 48.6 Å². The van der Waals surface area contributed by atoms with Crippen molar-refractivity contribution < 1.29 is 22.9 Å². The van der Waals surface area contributed by atoms with Gasteiger partial charge in [-0.1, -0.05) is 79.4 Å². The molecule has 1 aliphatic carbocycles. The predicted molar refractivity (Wildman–Crippen MR) is 171 cm³/mol. The second kappa shape index (κ2) is 14.7. The molecule has 0 heterocycles. The summed E-state index contributed by atoms with van der Waals surface area (Å²) in [5.41, 5.74) is 1.63. The number of nitro benzene ring substituents is 1. The summed E-state index contributed by atoms with van der Waals surface area (Å²) >= 11 is 6.27. The lowest BCUT2D eigenvalue weighted by atomic mass is 9.94. The fourth-order valence-electron chi connectivity index (χ4n) is 5.51. The van der Waals surface area contributed by atoms with Crippen LogP contribution in [0.2, 0.25) is 5.02 Å². The summed E-state index contributed by atoms with van der Waals surface area (Å²) in [5.74, 6) is -0.963. The van der Waals surface area contributed by atoms with Crippen LogP contribution in [0, 0.1) is 17.0 Å². The molecule has 1 fully saturated rings. The number of nitrogens with one attached hydrogen (secondary N) is 1. The molecule has 4 rings (SSSR count). The lowest BCUT2D eigenvalue weighted by molar-refractivity contribution is -0.384. The van der Waals surface area contributed by atoms with Crippen molar-refractivity contribution >= 4 is 44.8 Å². The van der Waals surface area contributed by atoms with Crippen LogP contribution < -0.4 is 9.62 Å². The summed E-state index contributed by atoms with van der Waals surface area (Å²) in [7, 11) is -4.08. The molecular formula is C32H37ClN4O6S. The minimum Gasteiger partial charge on any atom is -0.352 e. The summed E-state index contributed by atoms with van der Waals surface area (Å²) < 4.78 is 27.0. The maximum atomic E-state index is 14.3. The van der Waals surface area contributed by atoms with E-state index < -0.39 is 33.4 Å². The van der Waals surface area contributed by atoms with Gasteiger partial charge in [-0.3, -0.25) is 24.0 Å². The highest BCUT2D eigenvalue weighted by Gasteiger charge is 2.34. The summed E-state index contributed by atoms with van der Waals surface area (Å²) in [6, 6.07) is 19.1. The van der Waals surface area contributed by atoms with Gasteiger partial charge >= 0.3 is 0 Å². The maximum absolute atomic E-state index is 14.3. The van der Waals surface area contributed by atoms with Crippen LogP contribution in [-0.4, -0.2) is 54.9 Å². The normalized spacial score (nSPS) is 14.4. The number of halogens is 1. The molecular weight excluding hydrogens is 604 g/mol. The lowest BCUT2D eigenvalue weighted by Gasteiger charge is -2.35. The van der Waals surface area contributed by atoms with Gasteiger partial charge < -0.3 is 10.2 Å². The van der Waals surface area contributed by atoms with Gasteiger partial charge in [0.2, 0.25) is 21.8 Å². The van der Waals surface area contributed by atoms with Crippen LogP contribution in [0.4, 0.5) is 11.4 Å². The third-order valence-electron chi connectivity index (χ3n) is 7.82. The number of anilines is 1. The largest absolute Gasteiger partial charge is 0.352 e. The second-order valence-corrected chi connectivity index (χ2v) is 13.5. The number of carbonyl (C=O) groups excluding carboxylic acids is 2. The third kappa shape index (κ3) is 8.79. The lowest BCUT2D eigenvalue weighted by Crippen LogP contribution is -2.55. The van der Waals surface area contributed by atoms with Crippen molar-refractivity contribution in [3.05, 3.63) is 105 Å². The Morgan fingerprint density at radius 2 is 1.68 bits per heavy atom. The van der Waals surface area contributed by atoms with Gasteiger partial charge in [0, 0.05) is 36.2 Å². The first kappa shape index (κ1) is 32.9. The number of nitrogens with zero attached hydrogens (tertiary/aromatic N) is 3. The van der Waals surface area contributed by atoms with Crippen molar-refractivity contribution in [2.75, 3.05) is 17.1 Å². The first-order valence-corrected chi connectivity index (χ1v) is 16.8. The van der Waals surface area contributed by atoms with Crippen LogP contribution in [0.1, 0.15) is 48.8 Å². The van der Waals surface area contributed by atoms with E-state index in [9.17, 15) is 28.1 Å². The minimum atomic E-state index is -4.08. The van der Waals surface area contributed by atoms with Crippen molar-refractivity contribution in [2.45, 2.75) is 64.1 Å².